The van der Waals surface area contributed by atoms with E-state index in [2.05, 4.69) is 0 Å². The lowest BCUT2D eigenvalue weighted by Crippen LogP contribution is -2.48. The van der Waals surface area contributed by atoms with E-state index in [0.29, 0.717) is 18.9 Å². The van der Waals surface area contributed by atoms with Gasteiger partial charge in [0.2, 0.25) is 10.0 Å². The molecule has 0 amide bonds. The summed E-state index contributed by atoms with van der Waals surface area (Å²) in [4.78, 5) is 11.1. The third kappa shape index (κ3) is 4.27. The van der Waals surface area contributed by atoms with Crippen molar-refractivity contribution < 1.29 is 31.1 Å². The van der Waals surface area contributed by atoms with Crippen molar-refractivity contribution in [2.24, 2.45) is 0 Å². The summed E-state index contributed by atoms with van der Waals surface area (Å²) in [6.45, 7) is 1.57. The number of hydrogen-bond acceptors (Lipinski definition) is 4. The number of ether oxygens (including phenoxy) is 1. The van der Waals surface area contributed by atoms with Crippen LogP contribution in [-0.4, -0.2) is 37.9 Å². The van der Waals surface area contributed by atoms with Crippen molar-refractivity contribution in [2.75, 3.05) is 13.2 Å². The highest BCUT2D eigenvalue weighted by molar-refractivity contribution is 7.89. The molecule has 1 atom stereocenters. The molecule has 0 saturated carbocycles. The first kappa shape index (κ1) is 20.0. The fourth-order valence-electron chi connectivity index (χ4n) is 2.74. The highest BCUT2D eigenvalue weighted by atomic mass is 35.5. The predicted molar refractivity (Wildman–Crippen MR) is 84.6 cm³/mol. The number of alkyl halides is 3. The second-order valence-electron chi connectivity index (χ2n) is 5.52. The molecule has 1 aromatic rings. The van der Waals surface area contributed by atoms with Gasteiger partial charge in [0.15, 0.2) is 0 Å². The van der Waals surface area contributed by atoms with Crippen LogP contribution in [0.15, 0.2) is 23.1 Å². The molecule has 0 spiro atoms. The Morgan fingerprint density at radius 3 is 2.64 bits per heavy atom. The zero-order valence-electron chi connectivity index (χ0n) is 13.3. The van der Waals surface area contributed by atoms with Crippen LogP contribution in [0, 0.1) is 0 Å². The molecule has 0 bridgehead atoms. The molecule has 1 heterocycles. The van der Waals surface area contributed by atoms with Crippen molar-refractivity contribution in [2.45, 2.75) is 43.3 Å². The molecule has 1 fully saturated rings. The molecule has 1 aliphatic rings. The van der Waals surface area contributed by atoms with E-state index in [-0.39, 0.29) is 24.6 Å². The van der Waals surface area contributed by atoms with Gasteiger partial charge in [0.05, 0.1) is 17.1 Å². The van der Waals surface area contributed by atoms with Gasteiger partial charge in [0.25, 0.3) is 0 Å². The Morgan fingerprint density at radius 1 is 1.36 bits per heavy atom. The predicted octanol–water partition coefficient (Wildman–Crippen LogP) is 3.47. The van der Waals surface area contributed by atoms with Crippen LogP contribution in [0.4, 0.5) is 13.2 Å². The van der Waals surface area contributed by atoms with Crippen LogP contribution in [0.25, 0.3) is 0 Å². The molecule has 25 heavy (non-hydrogen) atoms. The van der Waals surface area contributed by atoms with Crippen molar-refractivity contribution in [3.8, 4) is 0 Å². The number of sulfonamides is 1. The minimum absolute atomic E-state index is 0.0499. The third-order valence-corrected chi connectivity index (χ3v) is 6.05. The molecule has 0 aromatic heterocycles. The summed E-state index contributed by atoms with van der Waals surface area (Å²) in [5.74, 6) is -0.756. The topological polar surface area (TPSA) is 63.7 Å². The quantitative estimate of drug-likeness (QED) is 0.727. The highest BCUT2D eigenvalue weighted by Gasteiger charge is 2.43. The van der Waals surface area contributed by atoms with Gasteiger partial charge in [-0.3, -0.25) is 4.79 Å². The van der Waals surface area contributed by atoms with Gasteiger partial charge in [0.1, 0.15) is 6.04 Å². The monoisotopic (exact) mass is 399 g/mol. The second-order valence-corrected chi connectivity index (χ2v) is 7.81. The summed E-state index contributed by atoms with van der Waals surface area (Å²) < 4.78 is 71.2. The van der Waals surface area contributed by atoms with E-state index in [1.807, 2.05) is 0 Å². The van der Waals surface area contributed by atoms with E-state index in [1.165, 1.54) is 0 Å². The molecule has 1 saturated heterocycles. The first-order valence-corrected chi connectivity index (χ1v) is 9.46. The van der Waals surface area contributed by atoms with Gasteiger partial charge in [-0.05, 0) is 44.4 Å². The van der Waals surface area contributed by atoms with E-state index in [0.717, 1.165) is 16.4 Å². The van der Waals surface area contributed by atoms with Gasteiger partial charge in [-0.2, -0.15) is 17.5 Å². The number of esters is 1. The fraction of sp³-hybridized carbons (Fsp3) is 0.533. The molecule has 1 aromatic carbocycles. The summed E-state index contributed by atoms with van der Waals surface area (Å²) >= 11 is 5.60. The molecule has 10 heteroatoms. The maximum atomic E-state index is 13.3. The minimum atomic E-state index is -4.90. The van der Waals surface area contributed by atoms with E-state index < -0.39 is 38.7 Å². The van der Waals surface area contributed by atoms with Crippen LogP contribution in [0.2, 0.25) is 5.02 Å². The van der Waals surface area contributed by atoms with Gasteiger partial charge in [-0.15, -0.1) is 0 Å². The van der Waals surface area contributed by atoms with Crippen molar-refractivity contribution in [3.63, 3.8) is 0 Å². The number of nitrogens with zero attached hydrogens (tertiary/aromatic N) is 1. The normalized spacial score (nSPS) is 19.6. The molecule has 1 unspecified atom stereocenters. The standard InChI is InChI=1S/C15H17ClF3NO4S/c1-2-24-14(21)12-5-3-4-8-20(12)25(22,23)13-7-6-10(16)9-11(13)15(17,18)19/h6-7,9,12H,2-5,8H2,1H3. The Labute approximate surface area is 148 Å². The van der Waals surface area contributed by atoms with Crippen molar-refractivity contribution >= 4 is 27.6 Å². The first-order valence-electron chi connectivity index (χ1n) is 7.64. The number of halogens is 4. The number of rotatable bonds is 4. The number of benzene rings is 1. The number of carbonyl (C=O) groups excluding carboxylic acids is 1. The summed E-state index contributed by atoms with van der Waals surface area (Å²) in [7, 11) is -4.55. The Kier molecular flexibility index (Phi) is 6.01. The van der Waals surface area contributed by atoms with Crippen molar-refractivity contribution in [3.05, 3.63) is 28.8 Å². The summed E-state index contributed by atoms with van der Waals surface area (Å²) in [6.07, 6.45) is -3.66. The number of piperidine rings is 1. The Bertz CT molecular complexity index is 752. The zero-order chi connectivity index (χ0) is 18.8. The van der Waals surface area contributed by atoms with E-state index in [9.17, 15) is 26.4 Å². The van der Waals surface area contributed by atoms with Crippen LogP contribution >= 0.6 is 11.6 Å². The van der Waals surface area contributed by atoms with E-state index >= 15 is 0 Å². The zero-order valence-corrected chi connectivity index (χ0v) is 14.9. The third-order valence-electron chi connectivity index (χ3n) is 3.85. The molecular formula is C15H17ClF3NO4S. The van der Waals surface area contributed by atoms with Gasteiger partial charge in [-0.1, -0.05) is 11.6 Å². The van der Waals surface area contributed by atoms with Crippen LogP contribution in [0.3, 0.4) is 0 Å². The lowest BCUT2D eigenvalue weighted by Gasteiger charge is -2.33. The summed E-state index contributed by atoms with van der Waals surface area (Å²) in [5, 5.41) is -0.230. The molecule has 5 nitrogen and oxygen atoms in total. The summed E-state index contributed by atoms with van der Waals surface area (Å²) in [5.41, 5.74) is -1.35. The molecular weight excluding hydrogens is 383 g/mol. The van der Waals surface area contributed by atoms with E-state index in [4.69, 9.17) is 16.3 Å². The van der Waals surface area contributed by atoms with Gasteiger partial charge >= 0.3 is 12.1 Å². The highest BCUT2D eigenvalue weighted by Crippen LogP contribution is 2.38. The molecule has 0 radical (unpaired) electrons. The Morgan fingerprint density at radius 2 is 2.04 bits per heavy atom. The van der Waals surface area contributed by atoms with Gasteiger partial charge in [0, 0.05) is 11.6 Å². The maximum absolute atomic E-state index is 13.3. The number of carbonyl (C=O) groups is 1. The average Bonchev–Trinajstić information content (AvgIpc) is 2.54. The summed E-state index contributed by atoms with van der Waals surface area (Å²) in [6, 6.07) is 1.33. The van der Waals surface area contributed by atoms with Crippen molar-refractivity contribution in [1.82, 2.24) is 4.31 Å². The van der Waals surface area contributed by atoms with Crippen LogP contribution in [0.1, 0.15) is 31.7 Å². The van der Waals surface area contributed by atoms with Gasteiger partial charge in [-0.25, -0.2) is 8.42 Å². The molecule has 0 aliphatic carbocycles. The Balaban J connectivity index is 2.52. The lowest BCUT2D eigenvalue weighted by molar-refractivity contribution is -0.148. The SMILES string of the molecule is CCOC(=O)C1CCCCN1S(=O)(=O)c1ccc(Cl)cc1C(F)(F)F. The van der Waals surface area contributed by atoms with Crippen LogP contribution in [-0.2, 0) is 25.7 Å². The number of hydrogen-bond donors (Lipinski definition) is 0. The lowest BCUT2D eigenvalue weighted by atomic mass is 10.1. The minimum Gasteiger partial charge on any atom is -0.465 e. The van der Waals surface area contributed by atoms with E-state index in [1.54, 1.807) is 6.92 Å². The van der Waals surface area contributed by atoms with Crippen LogP contribution in [0.5, 0.6) is 0 Å². The largest absolute Gasteiger partial charge is 0.465 e. The average molecular weight is 400 g/mol. The van der Waals surface area contributed by atoms with Crippen LogP contribution < -0.4 is 0 Å². The maximum Gasteiger partial charge on any atom is 0.417 e. The molecule has 140 valence electrons. The Hall–Kier alpha value is -1.32. The molecule has 2 rings (SSSR count). The fourth-order valence-corrected chi connectivity index (χ4v) is 4.75. The smallest absolute Gasteiger partial charge is 0.417 e. The van der Waals surface area contributed by atoms with Crippen molar-refractivity contribution in [1.29, 1.82) is 0 Å². The van der Waals surface area contributed by atoms with Gasteiger partial charge < -0.3 is 4.74 Å². The first-order chi connectivity index (χ1) is 11.6. The molecule has 0 N–H and O–H groups in total. The second kappa shape index (κ2) is 7.51. The molecule has 1 aliphatic heterocycles.